The zero-order valence-corrected chi connectivity index (χ0v) is 18.7. The fraction of sp³-hybridized carbons (Fsp3) is 0.136. The normalized spacial score (nSPS) is 13.8. The maximum atomic E-state index is 14.0. The average Bonchev–Trinajstić information content (AvgIpc) is 3.16. The van der Waals surface area contributed by atoms with Crippen LogP contribution in [0.4, 0.5) is 23.2 Å². The van der Waals surface area contributed by atoms with Crippen molar-refractivity contribution in [1.82, 2.24) is 9.78 Å². The largest absolute Gasteiger partial charge is 0.423 e. The molecule has 0 amide bonds. The molecular weight excluding hydrogens is 505 g/mol. The molecule has 4 aromatic rings. The van der Waals surface area contributed by atoms with Crippen LogP contribution in [-0.4, -0.2) is 27.6 Å². The molecule has 3 aromatic carbocycles. The lowest BCUT2D eigenvalue weighted by Crippen LogP contribution is -2.47. The summed E-state index contributed by atoms with van der Waals surface area (Å²) >= 11 is 17.9. The summed E-state index contributed by atoms with van der Waals surface area (Å²) in [6.45, 7) is -0.963. The van der Waals surface area contributed by atoms with E-state index in [0.29, 0.717) is 16.6 Å². The summed E-state index contributed by atoms with van der Waals surface area (Å²) in [6.07, 6.45) is -3.68. The number of aliphatic hydroxyl groups is 1. The summed E-state index contributed by atoms with van der Waals surface area (Å²) in [5, 5.41) is 18.0. The van der Waals surface area contributed by atoms with Crippen LogP contribution < -0.4 is 5.32 Å². The molecule has 1 aromatic heterocycles. The Bertz CT molecular complexity index is 1300. The molecule has 4 rings (SSSR count). The number of hydrogen-bond donors (Lipinski definition) is 2. The van der Waals surface area contributed by atoms with Gasteiger partial charge in [0.1, 0.15) is 5.82 Å². The van der Waals surface area contributed by atoms with E-state index in [0.717, 1.165) is 6.07 Å². The molecule has 0 fully saturated rings. The molecule has 0 bridgehead atoms. The highest BCUT2D eigenvalue weighted by atomic mass is 35.5. The van der Waals surface area contributed by atoms with Crippen LogP contribution in [0.25, 0.3) is 16.6 Å². The zero-order chi connectivity index (χ0) is 24.0. The minimum absolute atomic E-state index is 0.00745. The molecule has 0 spiro atoms. The predicted octanol–water partition coefficient (Wildman–Crippen LogP) is 6.99. The third-order valence-corrected chi connectivity index (χ3v) is 5.93. The molecule has 0 aliphatic rings. The van der Waals surface area contributed by atoms with E-state index in [2.05, 4.69) is 10.4 Å². The fourth-order valence-corrected chi connectivity index (χ4v) is 4.32. The number of nitrogens with one attached hydrogen (secondary N) is 1. The maximum absolute atomic E-state index is 14.0. The Kier molecular flexibility index (Phi) is 6.22. The Morgan fingerprint density at radius 3 is 2.18 bits per heavy atom. The fourth-order valence-electron chi connectivity index (χ4n) is 3.37. The van der Waals surface area contributed by atoms with Crippen molar-refractivity contribution in [2.75, 3.05) is 11.9 Å². The SMILES string of the molecule is OC(CNc1c(Cl)cc(Cl)cc1Cl)(c1ccc2c(cnn2-c2ccc(F)cc2)c1)C(F)(F)F. The zero-order valence-electron chi connectivity index (χ0n) is 16.5. The smallest absolute Gasteiger partial charge is 0.379 e. The monoisotopic (exact) mass is 517 g/mol. The van der Waals surface area contributed by atoms with Crippen molar-refractivity contribution in [3.8, 4) is 5.69 Å². The van der Waals surface area contributed by atoms with Gasteiger partial charge >= 0.3 is 6.18 Å². The number of rotatable bonds is 5. The second kappa shape index (κ2) is 8.68. The number of fused-ring (bicyclic) bond motifs is 1. The highest BCUT2D eigenvalue weighted by Crippen LogP contribution is 2.42. The van der Waals surface area contributed by atoms with Crippen molar-refractivity contribution in [3.05, 3.63) is 87.2 Å². The summed E-state index contributed by atoms with van der Waals surface area (Å²) in [5.74, 6) is -0.430. The first-order valence-electron chi connectivity index (χ1n) is 9.41. The van der Waals surface area contributed by atoms with Crippen molar-refractivity contribution >= 4 is 51.4 Å². The van der Waals surface area contributed by atoms with Gasteiger partial charge in [0.15, 0.2) is 0 Å². The minimum Gasteiger partial charge on any atom is -0.379 e. The molecule has 1 heterocycles. The maximum Gasteiger partial charge on any atom is 0.423 e. The third-order valence-electron chi connectivity index (χ3n) is 5.11. The van der Waals surface area contributed by atoms with Gasteiger partial charge in [0.05, 0.1) is 39.7 Å². The summed E-state index contributed by atoms with van der Waals surface area (Å²) in [7, 11) is 0. The van der Waals surface area contributed by atoms with Crippen LogP contribution in [-0.2, 0) is 5.60 Å². The van der Waals surface area contributed by atoms with E-state index in [1.54, 1.807) is 0 Å². The molecule has 0 saturated heterocycles. The third kappa shape index (κ3) is 4.48. The molecule has 11 heteroatoms. The average molecular weight is 519 g/mol. The topological polar surface area (TPSA) is 50.1 Å². The second-order valence-corrected chi connectivity index (χ2v) is 8.51. The van der Waals surface area contributed by atoms with Crippen molar-refractivity contribution in [3.63, 3.8) is 0 Å². The number of aromatic nitrogens is 2. The van der Waals surface area contributed by atoms with E-state index in [1.165, 1.54) is 59.4 Å². The predicted molar refractivity (Wildman–Crippen MR) is 121 cm³/mol. The Hall–Kier alpha value is -2.52. The van der Waals surface area contributed by atoms with Gasteiger partial charge in [0.25, 0.3) is 0 Å². The lowest BCUT2D eigenvalue weighted by atomic mass is 9.92. The van der Waals surface area contributed by atoms with Gasteiger partial charge in [-0.1, -0.05) is 40.9 Å². The molecule has 1 unspecified atom stereocenters. The molecule has 172 valence electrons. The molecule has 0 aliphatic heterocycles. The van der Waals surface area contributed by atoms with Gasteiger partial charge in [-0.2, -0.15) is 18.3 Å². The first-order chi connectivity index (χ1) is 15.5. The summed E-state index contributed by atoms with van der Waals surface area (Å²) in [4.78, 5) is 0. The van der Waals surface area contributed by atoms with E-state index in [4.69, 9.17) is 34.8 Å². The van der Waals surface area contributed by atoms with E-state index in [1.807, 2.05) is 0 Å². The lowest BCUT2D eigenvalue weighted by molar-refractivity contribution is -0.260. The quantitative estimate of drug-likeness (QED) is 0.280. The molecule has 0 radical (unpaired) electrons. The van der Waals surface area contributed by atoms with Crippen molar-refractivity contribution in [2.24, 2.45) is 0 Å². The van der Waals surface area contributed by atoms with Gasteiger partial charge in [-0.15, -0.1) is 0 Å². The second-order valence-electron chi connectivity index (χ2n) is 7.26. The molecule has 0 aliphatic carbocycles. The number of halogens is 7. The number of hydrogen-bond acceptors (Lipinski definition) is 3. The number of benzene rings is 3. The van der Waals surface area contributed by atoms with Crippen LogP contribution >= 0.6 is 34.8 Å². The molecular formula is C22H14Cl3F4N3O. The summed E-state index contributed by atoms with van der Waals surface area (Å²) in [5.41, 5.74) is -2.66. The van der Waals surface area contributed by atoms with Gasteiger partial charge in [-0.3, -0.25) is 0 Å². The van der Waals surface area contributed by atoms with E-state index in [9.17, 15) is 22.7 Å². The molecule has 2 N–H and O–H groups in total. The van der Waals surface area contributed by atoms with Crippen LogP contribution in [0.3, 0.4) is 0 Å². The standard InChI is InChI=1S/C22H14Cl3F4N3O/c23-14-8-17(24)20(18(25)9-14)30-11-21(33,22(27,28)29)13-1-6-19-12(7-13)10-31-32(19)16-4-2-15(26)3-5-16/h1-10,30,33H,11H2. The molecule has 1 atom stereocenters. The van der Waals surface area contributed by atoms with Crippen LogP contribution in [0.15, 0.2) is 60.8 Å². The van der Waals surface area contributed by atoms with E-state index < -0.39 is 29.7 Å². The number of anilines is 1. The number of alkyl halides is 3. The van der Waals surface area contributed by atoms with Gasteiger partial charge in [0.2, 0.25) is 5.60 Å². The van der Waals surface area contributed by atoms with Gasteiger partial charge in [0, 0.05) is 10.4 Å². The Morgan fingerprint density at radius 2 is 1.58 bits per heavy atom. The Balaban J connectivity index is 1.71. The minimum atomic E-state index is -5.04. The van der Waals surface area contributed by atoms with E-state index >= 15 is 0 Å². The van der Waals surface area contributed by atoms with Crippen LogP contribution in [0, 0.1) is 5.82 Å². The first kappa shape index (κ1) is 23.6. The van der Waals surface area contributed by atoms with Crippen molar-refractivity contribution in [1.29, 1.82) is 0 Å². The van der Waals surface area contributed by atoms with Crippen LogP contribution in [0.1, 0.15) is 5.56 Å². The highest BCUT2D eigenvalue weighted by Gasteiger charge is 2.55. The van der Waals surface area contributed by atoms with Gasteiger partial charge in [-0.25, -0.2) is 9.07 Å². The van der Waals surface area contributed by atoms with Gasteiger partial charge < -0.3 is 10.4 Å². The Morgan fingerprint density at radius 1 is 0.939 bits per heavy atom. The first-order valence-corrected chi connectivity index (χ1v) is 10.5. The lowest BCUT2D eigenvalue weighted by Gasteiger charge is -2.32. The molecule has 0 saturated carbocycles. The summed E-state index contributed by atoms with van der Waals surface area (Å²) < 4.78 is 56.8. The highest BCUT2D eigenvalue weighted by molar-refractivity contribution is 6.41. The van der Waals surface area contributed by atoms with Gasteiger partial charge in [-0.05, 0) is 54.1 Å². The van der Waals surface area contributed by atoms with Crippen molar-refractivity contribution < 1.29 is 22.7 Å². The van der Waals surface area contributed by atoms with Crippen LogP contribution in [0.2, 0.25) is 15.1 Å². The summed E-state index contributed by atoms with van der Waals surface area (Å²) in [6, 6.07) is 11.9. The molecule has 33 heavy (non-hydrogen) atoms. The molecule has 4 nitrogen and oxygen atoms in total. The number of nitrogens with zero attached hydrogens (tertiary/aromatic N) is 2. The van der Waals surface area contributed by atoms with Crippen molar-refractivity contribution in [2.45, 2.75) is 11.8 Å². The van der Waals surface area contributed by atoms with Crippen LogP contribution in [0.5, 0.6) is 0 Å². The van der Waals surface area contributed by atoms with E-state index in [-0.39, 0.29) is 20.8 Å². The Labute approximate surface area is 200 Å².